The second-order valence-corrected chi connectivity index (χ2v) is 4.30. The maximum Gasteiger partial charge on any atom is 0.115 e. The lowest BCUT2D eigenvalue weighted by Crippen LogP contribution is -1.83. The van der Waals surface area contributed by atoms with E-state index in [0.29, 0.717) is 0 Å². The summed E-state index contributed by atoms with van der Waals surface area (Å²) in [5.74, 6) is 0.512. The van der Waals surface area contributed by atoms with Gasteiger partial charge in [0.2, 0.25) is 0 Å². The average molecular weight is 252 g/mol. The van der Waals surface area contributed by atoms with Gasteiger partial charge in [0, 0.05) is 0 Å². The number of hydrogen-bond donors (Lipinski definition) is 2. The summed E-state index contributed by atoms with van der Waals surface area (Å²) in [7, 11) is 0. The van der Waals surface area contributed by atoms with Crippen molar-refractivity contribution in [1.82, 2.24) is 0 Å². The Morgan fingerprint density at radius 1 is 0.895 bits per heavy atom. The Morgan fingerprint density at radius 2 is 1.42 bits per heavy atom. The van der Waals surface area contributed by atoms with Gasteiger partial charge in [0.15, 0.2) is 0 Å². The highest BCUT2D eigenvalue weighted by atomic mass is 16.3. The van der Waals surface area contributed by atoms with Crippen LogP contribution in [0.15, 0.2) is 61.2 Å². The fourth-order valence-corrected chi connectivity index (χ4v) is 1.86. The minimum Gasteiger partial charge on any atom is -0.508 e. The minimum atomic E-state index is 0.256. The molecule has 0 atom stereocenters. The van der Waals surface area contributed by atoms with Crippen LogP contribution in [-0.2, 0) is 0 Å². The molecule has 96 valence electrons. The molecule has 0 amide bonds. The summed E-state index contributed by atoms with van der Waals surface area (Å²) < 4.78 is 0. The van der Waals surface area contributed by atoms with Crippen molar-refractivity contribution in [3.05, 3.63) is 72.3 Å². The molecule has 0 unspecified atom stereocenters. The van der Waals surface area contributed by atoms with Gasteiger partial charge >= 0.3 is 0 Å². The van der Waals surface area contributed by atoms with Crippen molar-refractivity contribution >= 4 is 11.6 Å². The number of rotatable bonds is 4. The molecule has 0 spiro atoms. The van der Waals surface area contributed by atoms with Crippen molar-refractivity contribution in [2.75, 3.05) is 0 Å². The molecule has 0 saturated heterocycles. The van der Waals surface area contributed by atoms with E-state index in [1.807, 2.05) is 36.4 Å². The topological polar surface area (TPSA) is 40.5 Å². The fraction of sp³-hybridized carbons (Fsp3) is 0.0588. The average Bonchev–Trinajstić information content (AvgIpc) is 2.42. The van der Waals surface area contributed by atoms with Gasteiger partial charge in [-0.25, -0.2) is 0 Å². The number of aromatic hydroxyl groups is 2. The fourth-order valence-electron chi connectivity index (χ4n) is 1.86. The number of benzene rings is 2. The summed E-state index contributed by atoms with van der Waals surface area (Å²) in [5.41, 5.74) is 3.18. The third-order valence-corrected chi connectivity index (χ3v) is 2.84. The summed E-state index contributed by atoms with van der Waals surface area (Å²) in [6.07, 6.45) is 4.64. The molecule has 2 heteroatoms. The van der Waals surface area contributed by atoms with Gasteiger partial charge in [-0.3, -0.25) is 0 Å². The normalized spacial score (nSPS) is 11.3. The second kappa shape index (κ2) is 5.91. The molecule has 19 heavy (non-hydrogen) atoms. The Morgan fingerprint density at radius 3 is 1.95 bits per heavy atom. The zero-order chi connectivity index (χ0) is 13.7. The van der Waals surface area contributed by atoms with Crippen LogP contribution in [0.2, 0.25) is 0 Å². The zero-order valence-electron chi connectivity index (χ0n) is 10.6. The minimum absolute atomic E-state index is 0.256. The Bertz CT molecular complexity index is 578. The number of phenols is 2. The molecule has 2 rings (SSSR count). The molecular weight excluding hydrogens is 236 g/mol. The van der Waals surface area contributed by atoms with Gasteiger partial charge in [-0.15, -0.1) is 6.58 Å². The SMILES string of the molecule is C=CC/C(=C/c1ccc(O)cc1)c1ccc(O)cc1. The Kier molecular flexibility index (Phi) is 4.04. The van der Waals surface area contributed by atoms with E-state index in [1.54, 1.807) is 24.3 Å². The van der Waals surface area contributed by atoms with Crippen LogP contribution in [0, 0.1) is 0 Å². The first-order valence-electron chi connectivity index (χ1n) is 6.09. The van der Waals surface area contributed by atoms with Crippen molar-refractivity contribution in [2.45, 2.75) is 6.42 Å². The molecule has 2 aromatic carbocycles. The van der Waals surface area contributed by atoms with Crippen LogP contribution in [0.1, 0.15) is 17.5 Å². The third-order valence-electron chi connectivity index (χ3n) is 2.84. The number of hydrogen-bond acceptors (Lipinski definition) is 2. The van der Waals surface area contributed by atoms with Crippen molar-refractivity contribution in [3.63, 3.8) is 0 Å². The molecule has 0 saturated carbocycles. The number of allylic oxidation sites excluding steroid dienone is 2. The molecule has 2 aromatic rings. The van der Waals surface area contributed by atoms with Crippen LogP contribution >= 0.6 is 0 Å². The van der Waals surface area contributed by atoms with Crippen LogP contribution in [0.25, 0.3) is 11.6 Å². The lowest BCUT2D eigenvalue weighted by Gasteiger charge is -2.06. The van der Waals surface area contributed by atoms with Crippen LogP contribution in [0.5, 0.6) is 11.5 Å². The maximum atomic E-state index is 9.32. The molecule has 0 aliphatic carbocycles. The van der Waals surface area contributed by atoms with Crippen molar-refractivity contribution < 1.29 is 10.2 Å². The third kappa shape index (κ3) is 3.49. The first-order chi connectivity index (χ1) is 9.19. The Hall–Kier alpha value is -2.48. The molecular formula is C17H16O2. The van der Waals surface area contributed by atoms with Crippen LogP contribution in [-0.4, -0.2) is 10.2 Å². The van der Waals surface area contributed by atoms with E-state index in [-0.39, 0.29) is 11.5 Å². The first-order valence-corrected chi connectivity index (χ1v) is 6.09. The summed E-state index contributed by atoms with van der Waals surface area (Å²) in [6.45, 7) is 3.77. The van der Waals surface area contributed by atoms with E-state index < -0.39 is 0 Å². The molecule has 0 aliphatic rings. The van der Waals surface area contributed by atoms with Crippen LogP contribution < -0.4 is 0 Å². The predicted octanol–water partition coefficient (Wildman–Crippen LogP) is 4.21. The molecule has 2 N–H and O–H groups in total. The lowest BCUT2D eigenvalue weighted by molar-refractivity contribution is 0.474. The highest BCUT2D eigenvalue weighted by molar-refractivity contribution is 5.82. The standard InChI is InChI=1S/C17H16O2/c1-2-3-15(14-6-10-17(19)11-7-14)12-13-4-8-16(18)9-5-13/h2,4-12,18-19H,1,3H2/b15-12-. The molecule has 0 fully saturated rings. The zero-order valence-corrected chi connectivity index (χ0v) is 10.6. The molecule has 0 aromatic heterocycles. The largest absolute Gasteiger partial charge is 0.508 e. The van der Waals surface area contributed by atoms with Gasteiger partial charge in [-0.05, 0) is 47.4 Å². The van der Waals surface area contributed by atoms with Crippen LogP contribution in [0.3, 0.4) is 0 Å². The molecule has 2 nitrogen and oxygen atoms in total. The van der Waals surface area contributed by atoms with Gasteiger partial charge < -0.3 is 10.2 Å². The quantitative estimate of drug-likeness (QED) is 0.632. The molecule has 0 radical (unpaired) electrons. The van der Waals surface area contributed by atoms with Gasteiger partial charge in [0.1, 0.15) is 11.5 Å². The highest BCUT2D eigenvalue weighted by Crippen LogP contribution is 2.24. The monoisotopic (exact) mass is 252 g/mol. The van der Waals surface area contributed by atoms with E-state index in [0.717, 1.165) is 23.1 Å². The van der Waals surface area contributed by atoms with Crippen molar-refractivity contribution in [3.8, 4) is 11.5 Å². The van der Waals surface area contributed by atoms with Crippen molar-refractivity contribution in [1.29, 1.82) is 0 Å². The summed E-state index contributed by atoms with van der Waals surface area (Å²) in [6, 6.07) is 14.1. The predicted molar refractivity (Wildman–Crippen MR) is 78.9 cm³/mol. The highest BCUT2D eigenvalue weighted by Gasteiger charge is 2.01. The van der Waals surface area contributed by atoms with Crippen LogP contribution in [0.4, 0.5) is 0 Å². The van der Waals surface area contributed by atoms with E-state index in [1.165, 1.54) is 0 Å². The molecule has 0 heterocycles. The van der Waals surface area contributed by atoms with E-state index in [4.69, 9.17) is 0 Å². The van der Waals surface area contributed by atoms with E-state index in [9.17, 15) is 10.2 Å². The number of phenolic OH excluding ortho intramolecular Hbond substituents is 2. The summed E-state index contributed by atoms with van der Waals surface area (Å²) >= 11 is 0. The first kappa shape index (κ1) is 13.0. The van der Waals surface area contributed by atoms with Gasteiger partial charge in [0.05, 0.1) is 0 Å². The smallest absolute Gasteiger partial charge is 0.115 e. The summed E-state index contributed by atoms with van der Waals surface area (Å²) in [4.78, 5) is 0. The van der Waals surface area contributed by atoms with E-state index in [2.05, 4.69) is 6.58 Å². The Balaban J connectivity index is 2.36. The Labute approximate surface area is 113 Å². The lowest BCUT2D eigenvalue weighted by atomic mass is 10.00. The maximum absolute atomic E-state index is 9.32. The van der Waals surface area contributed by atoms with Gasteiger partial charge in [-0.2, -0.15) is 0 Å². The summed E-state index contributed by atoms with van der Waals surface area (Å²) in [5, 5.41) is 18.6. The van der Waals surface area contributed by atoms with E-state index >= 15 is 0 Å². The second-order valence-electron chi connectivity index (χ2n) is 4.30. The van der Waals surface area contributed by atoms with Crippen molar-refractivity contribution in [2.24, 2.45) is 0 Å². The van der Waals surface area contributed by atoms with Gasteiger partial charge in [0.25, 0.3) is 0 Å². The van der Waals surface area contributed by atoms with Gasteiger partial charge in [-0.1, -0.05) is 36.4 Å². The molecule has 0 aliphatic heterocycles. The molecule has 0 bridgehead atoms.